The summed E-state index contributed by atoms with van der Waals surface area (Å²) in [6.07, 6.45) is -0.319. The minimum Gasteiger partial charge on any atom is -0.481 e. The van der Waals surface area contributed by atoms with Gasteiger partial charge in [0.1, 0.15) is 12.0 Å². The standard InChI is InChI=1S/C23H19Cl2N5O2/c1-30-20(11-21(31)32)27-18-4-2-3-14(22(18)30)23-28-17-8-6-13(10-19(17)29-23)26-16-7-5-12(24)9-15(16)25/h2-10,20,26-27H,11H2,1H3,(H,28,29)(H,31,32). The second-order valence-corrected chi connectivity index (χ2v) is 8.48. The lowest BCUT2D eigenvalue weighted by molar-refractivity contribution is -0.137. The maximum Gasteiger partial charge on any atom is 0.307 e. The van der Waals surface area contributed by atoms with E-state index in [1.165, 1.54) is 0 Å². The summed E-state index contributed by atoms with van der Waals surface area (Å²) in [5.74, 6) is -0.142. The van der Waals surface area contributed by atoms with Crippen LogP contribution in [0.1, 0.15) is 6.42 Å². The molecule has 1 aromatic heterocycles. The Kier molecular flexibility index (Phi) is 5.07. The summed E-state index contributed by atoms with van der Waals surface area (Å²) in [6, 6.07) is 17.0. The van der Waals surface area contributed by atoms with Crippen molar-refractivity contribution in [2.24, 2.45) is 0 Å². The van der Waals surface area contributed by atoms with Gasteiger partial charge < -0.3 is 25.6 Å². The highest BCUT2D eigenvalue weighted by Crippen LogP contribution is 2.42. The summed E-state index contributed by atoms with van der Waals surface area (Å²) >= 11 is 12.3. The Balaban J connectivity index is 1.48. The average Bonchev–Trinajstić information content (AvgIpc) is 3.30. The number of anilines is 4. The smallest absolute Gasteiger partial charge is 0.307 e. The Hall–Kier alpha value is -3.42. The fourth-order valence-electron chi connectivity index (χ4n) is 3.97. The minimum absolute atomic E-state index is 0.00691. The Morgan fingerprint density at radius 3 is 2.81 bits per heavy atom. The molecule has 0 spiro atoms. The van der Waals surface area contributed by atoms with Gasteiger partial charge in [-0.3, -0.25) is 4.79 Å². The van der Waals surface area contributed by atoms with E-state index in [2.05, 4.69) is 15.6 Å². The number of carboxylic acid groups (broad SMARTS) is 1. The number of benzene rings is 3. The number of nitrogens with one attached hydrogen (secondary N) is 3. The van der Waals surface area contributed by atoms with E-state index in [9.17, 15) is 9.90 Å². The molecule has 4 N–H and O–H groups in total. The highest BCUT2D eigenvalue weighted by Gasteiger charge is 2.30. The van der Waals surface area contributed by atoms with Crippen molar-refractivity contribution in [3.63, 3.8) is 0 Å². The number of hydrogen-bond acceptors (Lipinski definition) is 5. The van der Waals surface area contributed by atoms with E-state index >= 15 is 0 Å². The van der Waals surface area contributed by atoms with Crippen LogP contribution in [-0.4, -0.2) is 34.3 Å². The number of aromatic amines is 1. The van der Waals surface area contributed by atoms with Crippen LogP contribution in [0.2, 0.25) is 10.0 Å². The number of halogens is 2. The van der Waals surface area contributed by atoms with Crippen molar-refractivity contribution in [2.75, 3.05) is 22.6 Å². The summed E-state index contributed by atoms with van der Waals surface area (Å²) in [5.41, 5.74) is 5.99. The molecular weight excluding hydrogens is 449 g/mol. The summed E-state index contributed by atoms with van der Waals surface area (Å²) in [7, 11) is 1.89. The van der Waals surface area contributed by atoms with Crippen molar-refractivity contribution in [3.05, 3.63) is 64.6 Å². The molecule has 2 heterocycles. The number of para-hydroxylation sites is 1. The number of imidazole rings is 1. The van der Waals surface area contributed by atoms with Gasteiger partial charge in [-0.15, -0.1) is 0 Å². The molecule has 3 aromatic carbocycles. The first-order chi connectivity index (χ1) is 15.4. The van der Waals surface area contributed by atoms with E-state index in [1.807, 2.05) is 54.4 Å². The topological polar surface area (TPSA) is 93.3 Å². The molecule has 1 unspecified atom stereocenters. The molecule has 7 nitrogen and oxygen atoms in total. The maximum absolute atomic E-state index is 11.2. The number of aromatic nitrogens is 2. The first kappa shape index (κ1) is 20.5. The highest BCUT2D eigenvalue weighted by molar-refractivity contribution is 6.36. The molecule has 1 aliphatic heterocycles. The fraction of sp³-hybridized carbons (Fsp3) is 0.130. The van der Waals surface area contributed by atoms with Gasteiger partial charge in [-0.05, 0) is 48.5 Å². The molecule has 1 aliphatic rings. The molecule has 5 rings (SSSR count). The lowest BCUT2D eigenvalue weighted by atomic mass is 10.1. The second-order valence-electron chi connectivity index (χ2n) is 7.64. The summed E-state index contributed by atoms with van der Waals surface area (Å²) < 4.78 is 0. The third kappa shape index (κ3) is 3.70. The monoisotopic (exact) mass is 467 g/mol. The number of aliphatic carboxylic acids is 1. The predicted molar refractivity (Wildman–Crippen MR) is 129 cm³/mol. The Labute approximate surface area is 194 Å². The van der Waals surface area contributed by atoms with Crippen LogP contribution in [0, 0.1) is 0 Å². The van der Waals surface area contributed by atoms with Gasteiger partial charge in [0.2, 0.25) is 0 Å². The third-order valence-electron chi connectivity index (χ3n) is 5.49. The Morgan fingerprint density at radius 1 is 1.19 bits per heavy atom. The van der Waals surface area contributed by atoms with Crippen LogP contribution < -0.4 is 15.5 Å². The van der Waals surface area contributed by atoms with Crippen LogP contribution in [-0.2, 0) is 4.79 Å². The molecule has 1 atom stereocenters. The van der Waals surface area contributed by atoms with Crippen LogP contribution >= 0.6 is 23.2 Å². The molecule has 0 saturated heterocycles. The van der Waals surface area contributed by atoms with Gasteiger partial charge >= 0.3 is 5.97 Å². The Bertz CT molecular complexity index is 1350. The zero-order valence-electron chi connectivity index (χ0n) is 17.0. The molecule has 0 bridgehead atoms. The van der Waals surface area contributed by atoms with Crippen molar-refractivity contribution < 1.29 is 9.90 Å². The molecular formula is C23H19Cl2N5O2. The van der Waals surface area contributed by atoms with Crippen molar-refractivity contribution in [1.29, 1.82) is 0 Å². The molecule has 0 radical (unpaired) electrons. The van der Waals surface area contributed by atoms with Crippen LogP contribution in [0.5, 0.6) is 0 Å². The summed E-state index contributed by atoms with van der Waals surface area (Å²) in [5, 5.41) is 16.9. The van der Waals surface area contributed by atoms with Gasteiger partial charge in [0, 0.05) is 23.3 Å². The number of carboxylic acids is 1. The van der Waals surface area contributed by atoms with Gasteiger partial charge in [0.15, 0.2) is 0 Å². The number of H-pyrrole nitrogens is 1. The van der Waals surface area contributed by atoms with Gasteiger partial charge in [0.05, 0.1) is 39.5 Å². The van der Waals surface area contributed by atoms with E-state index in [4.69, 9.17) is 28.2 Å². The quantitative estimate of drug-likeness (QED) is 0.290. The van der Waals surface area contributed by atoms with Gasteiger partial charge in [-0.1, -0.05) is 29.3 Å². The third-order valence-corrected chi connectivity index (χ3v) is 6.04. The largest absolute Gasteiger partial charge is 0.481 e. The molecule has 4 aromatic rings. The SMILES string of the molecule is CN1c2c(cccc2-c2nc3cc(Nc4ccc(Cl)cc4Cl)ccc3[nH]2)NC1CC(=O)O. The van der Waals surface area contributed by atoms with Crippen LogP contribution in [0.15, 0.2) is 54.6 Å². The van der Waals surface area contributed by atoms with Crippen LogP contribution in [0.3, 0.4) is 0 Å². The lowest BCUT2D eigenvalue weighted by Gasteiger charge is -2.21. The van der Waals surface area contributed by atoms with Crippen LogP contribution in [0.25, 0.3) is 22.4 Å². The predicted octanol–water partition coefficient (Wildman–Crippen LogP) is 5.94. The minimum atomic E-state index is -0.853. The van der Waals surface area contributed by atoms with Crippen molar-refractivity contribution in [3.8, 4) is 11.4 Å². The molecule has 0 fully saturated rings. The van der Waals surface area contributed by atoms with E-state index in [1.54, 1.807) is 12.1 Å². The average molecular weight is 468 g/mol. The maximum atomic E-state index is 11.2. The second kappa shape index (κ2) is 7.93. The zero-order valence-corrected chi connectivity index (χ0v) is 18.5. The molecule has 162 valence electrons. The molecule has 9 heteroatoms. The first-order valence-electron chi connectivity index (χ1n) is 9.95. The zero-order chi connectivity index (χ0) is 22.4. The summed E-state index contributed by atoms with van der Waals surface area (Å²) in [4.78, 5) is 21.3. The molecule has 0 aliphatic carbocycles. The number of nitrogens with zero attached hydrogens (tertiary/aromatic N) is 2. The molecule has 0 saturated carbocycles. The summed E-state index contributed by atoms with van der Waals surface area (Å²) in [6.45, 7) is 0. The number of rotatable bonds is 5. The van der Waals surface area contributed by atoms with E-state index in [0.29, 0.717) is 15.9 Å². The normalized spacial score (nSPS) is 15.0. The Morgan fingerprint density at radius 2 is 2.03 bits per heavy atom. The van der Waals surface area contributed by atoms with E-state index in [-0.39, 0.29) is 12.6 Å². The van der Waals surface area contributed by atoms with Crippen molar-refractivity contribution in [1.82, 2.24) is 9.97 Å². The van der Waals surface area contributed by atoms with Gasteiger partial charge in [-0.25, -0.2) is 4.98 Å². The highest BCUT2D eigenvalue weighted by atomic mass is 35.5. The lowest BCUT2D eigenvalue weighted by Crippen LogP contribution is -2.34. The van der Waals surface area contributed by atoms with E-state index in [0.717, 1.165) is 39.3 Å². The van der Waals surface area contributed by atoms with Crippen LogP contribution in [0.4, 0.5) is 22.7 Å². The number of fused-ring (bicyclic) bond motifs is 2. The van der Waals surface area contributed by atoms with Crippen molar-refractivity contribution >= 4 is 63.0 Å². The molecule has 32 heavy (non-hydrogen) atoms. The first-order valence-corrected chi connectivity index (χ1v) is 10.7. The fourth-order valence-corrected chi connectivity index (χ4v) is 4.43. The van der Waals surface area contributed by atoms with Gasteiger partial charge in [0.25, 0.3) is 0 Å². The number of carbonyl (C=O) groups is 1. The molecule has 0 amide bonds. The van der Waals surface area contributed by atoms with E-state index < -0.39 is 5.97 Å². The number of hydrogen-bond donors (Lipinski definition) is 4. The van der Waals surface area contributed by atoms with Crippen molar-refractivity contribution in [2.45, 2.75) is 12.6 Å². The van der Waals surface area contributed by atoms with Gasteiger partial charge in [-0.2, -0.15) is 0 Å².